The van der Waals surface area contributed by atoms with E-state index in [-0.39, 0.29) is 11.8 Å². The second-order valence-corrected chi connectivity index (χ2v) is 6.06. The predicted molar refractivity (Wildman–Crippen MR) is 84.8 cm³/mol. The number of nitrogens with zero attached hydrogens (tertiary/aromatic N) is 4. The molecule has 23 heavy (non-hydrogen) atoms. The van der Waals surface area contributed by atoms with Gasteiger partial charge < -0.3 is 15.1 Å². The van der Waals surface area contributed by atoms with Gasteiger partial charge in [-0.3, -0.25) is 0 Å². The molecule has 5 nitrogen and oxygen atoms in total. The van der Waals surface area contributed by atoms with Gasteiger partial charge in [-0.2, -0.15) is 18.2 Å². The minimum atomic E-state index is -4.44. The molecule has 1 saturated heterocycles. The van der Waals surface area contributed by atoms with Crippen LogP contribution in [0.5, 0.6) is 0 Å². The highest BCUT2D eigenvalue weighted by molar-refractivity contribution is 5.51. The fourth-order valence-corrected chi connectivity index (χ4v) is 2.57. The number of rotatable bonds is 5. The van der Waals surface area contributed by atoms with Crippen LogP contribution in [0.2, 0.25) is 0 Å². The molecule has 1 N–H and O–H groups in total. The van der Waals surface area contributed by atoms with Crippen LogP contribution in [-0.2, 0) is 6.18 Å². The lowest BCUT2D eigenvalue weighted by Crippen LogP contribution is -2.29. The Morgan fingerprint density at radius 3 is 2.39 bits per heavy atom. The van der Waals surface area contributed by atoms with Crippen molar-refractivity contribution >= 4 is 11.8 Å². The number of alkyl halides is 3. The zero-order chi connectivity index (χ0) is 16.9. The molecule has 1 fully saturated rings. The first-order valence-corrected chi connectivity index (χ1v) is 7.95. The fraction of sp³-hybridized carbons (Fsp3) is 0.733. The van der Waals surface area contributed by atoms with Crippen molar-refractivity contribution in [3.8, 4) is 0 Å². The van der Waals surface area contributed by atoms with Crippen LogP contribution < -0.4 is 10.2 Å². The van der Waals surface area contributed by atoms with E-state index in [4.69, 9.17) is 0 Å². The number of likely N-dealkylation sites (N-methyl/N-ethyl adjacent to an activating group) is 1. The molecule has 8 heteroatoms. The number of hydrogen-bond acceptors (Lipinski definition) is 5. The molecule has 0 saturated carbocycles. The topological polar surface area (TPSA) is 44.3 Å². The van der Waals surface area contributed by atoms with Gasteiger partial charge in [0.05, 0.1) is 0 Å². The predicted octanol–water partition coefficient (Wildman–Crippen LogP) is 2.85. The smallest absolute Gasteiger partial charge is 0.356 e. The van der Waals surface area contributed by atoms with Crippen LogP contribution >= 0.6 is 0 Å². The Balaban J connectivity index is 2.23. The number of hydrogen-bond donors (Lipinski definition) is 1. The van der Waals surface area contributed by atoms with Crippen LogP contribution in [0.4, 0.5) is 24.9 Å². The summed E-state index contributed by atoms with van der Waals surface area (Å²) in [6, 6.07) is 0. The SMILES string of the molecule is CN(C)CCNc1ncc(C(F)(F)F)c(N2CCCCCC2)n1. The molecule has 0 unspecified atom stereocenters. The highest BCUT2D eigenvalue weighted by Gasteiger charge is 2.37. The van der Waals surface area contributed by atoms with E-state index in [1.807, 2.05) is 19.0 Å². The molecular weight excluding hydrogens is 307 g/mol. The Hall–Kier alpha value is -1.57. The Morgan fingerprint density at radius 2 is 1.83 bits per heavy atom. The molecule has 0 radical (unpaired) electrons. The molecule has 2 rings (SSSR count). The Morgan fingerprint density at radius 1 is 1.17 bits per heavy atom. The maximum atomic E-state index is 13.3. The summed E-state index contributed by atoms with van der Waals surface area (Å²) in [5, 5.41) is 2.99. The minimum absolute atomic E-state index is 0.00162. The van der Waals surface area contributed by atoms with Crippen molar-refractivity contribution in [2.24, 2.45) is 0 Å². The van der Waals surface area contributed by atoms with Crippen LogP contribution in [0.15, 0.2) is 6.20 Å². The summed E-state index contributed by atoms with van der Waals surface area (Å²) >= 11 is 0. The third kappa shape index (κ3) is 5.23. The maximum absolute atomic E-state index is 13.3. The molecule has 0 bridgehead atoms. The maximum Gasteiger partial charge on any atom is 0.421 e. The van der Waals surface area contributed by atoms with Crippen LogP contribution in [0.25, 0.3) is 0 Å². The van der Waals surface area contributed by atoms with Crippen molar-refractivity contribution in [2.75, 3.05) is 50.5 Å². The van der Waals surface area contributed by atoms with Crippen molar-refractivity contribution in [1.82, 2.24) is 14.9 Å². The monoisotopic (exact) mass is 331 g/mol. The lowest BCUT2D eigenvalue weighted by atomic mass is 10.2. The van der Waals surface area contributed by atoms with Gasteiger partial charge in [-0.1, -0.05) is 12.8 Å². The van der Waals surface area contributed by atoms with Gasteiger partial charge in [0.2, 0.25) is 5.95 Å². The van der Waals surface area contributed by atoms with Gasteiger partial charge in [0.25, 0.3) is 0 Å². The average molecular weight is 331 g/mol. The molecule has 1 aliphatic rings. The molecule has 0 aromatic carbocycles. The Kier molecular flexibility index (Phi) is 6.04. The van der Waals surface area contributed by atoms with Crippen LogP contribution in [0.1, 0.15) is 31.2 Å². The first-order chi connectivity index (χ1) is 10.9. The normalized spacial score (nSPS) is 16.5. The Bertz CT molecular complexity index is 496. The summed E-state index contributed by atoms with van der Waals surface area (Å²) in [7, 11) is 3.86. The molecule has 0 atom stereocenters. The van der Waals surface area contributed by atoms with E-state index >= 15 is 0 Å². The van der Waals surface area contributed by atoms with Crippen molar-refractivity contribution < 1.29 is 13.2 Å². The zero-order valence-electron chi connectivity index (χ0n) is 13.7. The second-order valence-electron chi connectivity index (χ2n) is 6.06. The van der Waals surface area contributed by atoms with E-state index in [9.17, 15) is 13.2 Å². The summed E-state index contributed by atoms with van der Waals surface area (Å²) < 4.78 is 39.8. The molecule has 130 valence electrons. The van der Waals surface area contributed by atoms with Gasteiger partial charge in [0.15, 0.2) is 0 Å². The fourth-order valence-electron chi connectivity index (χ4n) is 2.57. The lowest BCUT2D eigenvalue weighted by molar-refractivity contribution is -0.137. The molecule has 2 heterocycles. The van der Waals surface area contributed by atoms with E-state index in [1.54, 1.807) is 4.90 Å². The summed E-state index contributed by atoms with van der Waals surface area (Å²) in [6.45, 7) is 2.55. The van der Waals surface area contributed by atoms with E-state index < -0.39 is 11.7 Å². The van der Waals surface area contributed by atoms with Crippen molar-refractivity contribution in [1.29, 1.82) is 0 Å². The van der Waals surface area contributed by atoms with E-state index in [2.05, 4.69) is 15.3 Å². The van der Waals surface area contributed by atoms with E-state index in [1.165, 1.54) is 0 Å². The van der Waals surface area contributed by atoms with Gasteiger partial charge in [-0.15, -0.1) is 0 Å². The van der Waals surface area contributed by atoms with Gasteiger partial charge in [-0.25, -0.2) is 4.98 Å². The zero-order valence-corrected chi connectivity index (χ0v) is 13.7. The number of nitrogens with one attached hydrogen (secondary N) is 1. The standard InChI is InChI=1S/C15H24F3N5/c1-22(2)10-7-19-14-20-11-12(15(16,17)18)13(21-14)23-8-5-3-4-6-9-23/h11H,3-10H2,1-2H3,(H,19,20,21). The number of halogens is 3. The van der Waals surface area contributed by atoms with E-state index in [0.29, 0.717) is 19.6 Å². The van der Waals surface area contributed by atoms with Crippen LogP contribution in [0.3, 0.4) is 0 Å². The van der Waals surface area contributed by atoms with Crippen LogP contribution in [-0.4, -0.2) is 55.1 Å². The Labute approximate surface area is 134 Å². The van der Waals surface area contributed by atoms with Gasteiger partial charge >= 0.3 is 6.18 Å². The van der Waals surface area contributed by atoms with E-state index in [0.717, 1.165) is 38.4 Å². The summed E-state index contributed by atoms with van der Waals surface area (Å²) in [6.07, 6.45) is 0.345. The number of anilines is 2. The highest BCUT2D eigenvalue weighted by atomic mass is 19.4. The highest BCUT2D eigenvalue weighted by Crippen LogP contribution is 2.36. The minimum Gasteiger partial charge on any atom is -0.356 e. The molecule has 0 spiro atoms. The molecule has 0 aliphatic carbocycles. The average Bonchev–Trinajstić information content (AvgIpc) is 2.74. The summed E-state index contributed by atoms with van der Waals surface area (Å²) in [5.74, 6) is 0.251. The molecule has 1 aliphatic heterocycles. The first kappa shape index (κ1) is 17.8. The van der Waals surface area contributed by atoms with Crippen molar-refractivity contribution in [3.05, 3.63) is 11.8 Å². The third-order valence-corrected chi connectivity index (χ3v) is 3.82. The number of aromatic nitrogens is 2. The molecule has 1 aromatic rings. The van der Waals surface area contributed by atoms with Gasteiger partial charge in [0, 0.05) is 32.4 Å². The summed E-state index contributed by atoms with van der Waals surface area (Å²) in [5.41, 5.74) is -0.752. The second kappa shape index (κ2) is 7.81. The van der Waals surface area contributed by atoms with Gasteiger partial charge in [0.1, 0.15) is 11.4 Å². The first-order valence-electron chi connectivity index (χ1n) is 7.95. The third-order valence-electron chi connectivity index (χ3n) is 3.82. The molecule has 1 aromatic heterocycles. The van der Waals surface area contributed by atoms with Gasteiger partial charge in [-0.05, 0) is 26.9 Å². The summed E-state index contributed by atoms with van der Waals surface area (Å²) in [4.78, 5) is 11.7. The van der Waals surface area contributed by atoms with Crippen molar-refractivity contribution in [3.63, 3.8) is 0 Å². The lowest BCUT2D eigenvalue weighted by Gasteiger charge is -2.25. The van der Waals surface area contributed by atoms with Crippen LogP contribution in [0, 0.1) is 0 Å². The van der Waals surface area contributed by atoms with Crippen molar-refractivity contribution in [2.45, 2.75) is 31.9 Å². The largest absolute Gasteiger partial charge is 0.421 e. The quantitative estimate of drug-likeness (QED) is 0.899. The molecule has 0 amide bonds. The molecular formula is C15H24F3N5.